The van der Waals surface area contributed by atoms with E-state index in [1.807, 2.05) is 5.32 Å². The maximum atomic E-state index is 12.2. The second-order valence-electron chi connectivity index (χ2n) is 6.11. The molecular formula is C15H25N5O9. The van der Waals surface area contributed by atoms with Crippen molar-refractivity contribution >= 4 is 35.6 Å². The fourth-order valence-corrected chi connectivity index (χ4v) is 1.95. The van der Waals surface area contributed by atoms with E-state index in [2.05, 4.69) is 10.6 Å². The smallest absolute Gasteiger partial charge is 0.326 e. The van der Waals surface area contributed by atoms with Crippen LogP contribution in [-0.4, -0.2) is 81.7 Å². The Hall–Kier alpha value is -3.26. The Morgan fingerprint density at radius 1 is 0.966 bits per heavy atom. The number of aliphatic hydroxyl groups is 1. The van der Waals surface area contributed by atoms with Gasteiger partial charge in [0.2, 0.25) is 23.6 Å². The van der Waals surface area contributed by atoms with Crippen LogP contribution in [0.4, 0.5) is 0 Å². The highest BCUT2D eigenvalue weighted by molar-refractivity contribution is 5.93. The summed E-state index contributed by atoms with van der Waals surface area (Å²) in [5, 5.41) is 33.1. The average Bonchev–Trinajstić information content (AvgIpc) is 2.60. The molecule has 0 bridgehead atoms. The first kappa shape index (κ1) is 25.7. The number of carbonyl (C=O) groups excluding carboxylic acids is 4. The highest BCUT2D eigenvalue weighted by atomic mass is 16.4. The molecule has 0 saturated heterocycles. The average molecular weight is 419 g/mol. The summed E-state index contributed by atoms with van der Waals surface area (Å²) in [6, 6.07) is -4.37. The highest BCUT2D eigenvalue weighted by Gasteiger charge is 2.27. The number of carbonyl (C=O) groups is 6. The van der Waals surface area contributed by atoms with E-state index in [9.17, 15) is 33.9 Å². The molecule has 0 aromatic carbocycles. The molecule has 0 aliphatic carbocycles. The van der Waals surface area contributed by atoms with Crippen LogP contribution in [0.25, 0.3) is 0 Å². The van der Waals surface area contributed by atoms with Gasteiger partial charge >= 0.3 is 11.9 Å². The fourth-order valence-electron chi connectivity index (χ4n) is 1.95. The number of aliphatic hydroxyl groups excluding tert-OH is 1. The lowest BCUT2D eigenvalue weighted by Gasteiger charge is -2.21. The monoisotopic (exact) mass is 419 g/mol. The number of nitrogens with two attached hydrogens (primary N) is 2. The van der Waals surface area contributed by atoms with Crippen molar-refractivity contribution < 1.29 is 44.1 Å². The Bertz CT molecular complexity index is 652. The van der Waals surface area contributed by atoms with Crippen LogP contribution in [0.15, 0.2) is 0 Å². The molecule has 0 fully saturated rings. The zero-order valence-corrected chi connectivity index (χ0v) is 15.6. The zero-order valence-electron chi connectivity index (χ0n) is 15.6. The molecule has 4 amide bonds. The third-order valence-corrected chi connectivity index (χ3v) is 3.57. The molecule has 0 rings (SSSR count). The van der Waals surface area contributed by atoms with E-state index in [1.165, 1.54) is 6.92 Å². The predicted octanol–water partition coefficient (Wildman–Crippen LogP) is -4.39. The molecule has 14 heteroatoms. The van der Waals surface area contributed by atoms with Gasteiger partial charge in [0.15, 0.2) is 0 Å². The lowest BCUT2D eigenvalue weighted by Crippen LogP contribution is -2.55. The van der Waals surface area contributed by atoms with E-state index in [0.29, 0.717) is 0 Å². The van der Waals surface area contributed by atoms with Gasteiger partial charge in [0, 0.05) is 6.42 Å². The van der Waals surface area contributed by atoms with Crippen molar-refractivity contribution in [2.24, 2.45) is 11.5 Å². The third-order valence-electron chi connectivity index (χ3n) is 3.57. The molecule has 29 heavy (non-hydrogen) atoms. The Morgan fingerprint density at radius 2 is 1.55 bits per heavy atom. The van der Waals surface area contributed by atoms with Crippen molar-refractivity contribution in [1.29, 1.82) is 0 Å². The molecule has 0 saturated carbocycles. The van der Waals surface area contributed by atoms with E-state index >= 15 is 0 Å². The molecule has 0 aliphatic heterocycles. The number of carboxylic acid groups (broad SMARTS) is 2. The SMILES string of the molecule is CC(O)C(N)C(=O)NC(CCC(N)=O)C(=O)NCC(=O)NC(CC(=O)O)C(=O)O. The quantitative estimate of drug-likeness (QED) is 0.142. The van der Waals surface area contributed by atoms with Crippen LogP contribution in [0.5, 0.6) is 0 Å². The number of carboxylic acids is 2. The van der Waals surface area contributed by atoms with Gasteiger partial charge in [0.25, 0.3) is 0 Å². The van der Waals surface area contributed by atoms with Gasteiger partial charge in [-0.15, -0.1) is 0 Å². The lowest BCUT2D eigenvalue weighted by atomic mass is 10.1. The van der Waals surface area contributed by atoms with Crippen LogP contribution in [0.1, 0.15) is 26.2 Å². The van der Waals surface area contributed by atoms with E-state index in [0.717, 1.165) is 0 Å². The van der Waals surface area contributed by atoms with E-state index in [4.69, 9.17) is 21.7 Å². The van der Waals surface area contributed by atoms with Gasteiger partial charge in [0.1, 0.15) is 18.1 Å². The molecule has 0 aliphatic rings. The summed E-state index contributed by atoms with van der Waals surface area (Å²) in [6.45, 7) is 0.524. The van der Waals surface area contributed by atoms with Gasteiger partial charge in [-0.05, 0) is 13.3 Å². The van der Waals surface area contributed by atoms with Crippen molar-refractivity contribution in [1.82, 2.24) is 16.0 Å². The molecule has 0 spiro atoms. The minimum atomic E-state index is -1.70. The summed E-state index contributed by atoms with van der Waals surface area (Å²) in [5.74, 6) is -6.57. The first-order valence-corrected chi connectivity index (χ1v) is 8.39. The first-order chi connectivity index (χ1) is 13.3. The van der Waals surface area contributed by atoms with Crippen LogP contribution in [0.3, 0.4) is 0 Å². The van der Waals surface area contributed by atoms with E-state index < -0.39 is 72.8 Å². The molecule has 4 atom stereocenters. The normalized spacial score (nSPS) is 14.6. The van der Waals surface area contributed by atoms with Crippen LogP contribution in [0, 0.1) is 0 Å². The molecule has 0 heterocycles. The van der Waals surface area contributed by atoms with Gasteiger partial charge in [-0.25, -0.2) is 4.79 Å². The number of nitrogens with one attached hydrogen (secondary N) is 3. The fraction of sp³-hybridized carbons (Fsp3) is 0.600. The zero-order chi connectivity index (χ0) is 22.7. The van der Waals surface area contributed by atoms with Crippen LogP contribution in [-0.2, 0) is 28.8 Å². The summed E-state index contributed by atoms with van der Waals surface area (Å²) in [4.78, 5) is 68.3. The minimum Gasteiger partial charge on any atom is -0.481 e. The summed E-state index contributed by atoms with van der Waals surface area (Å²) in [6.07, 6.45) is -2.60. The molecule has 164 valence electrons. The topological polar surface area (TPSA) is 251 Å². The minimum absolute atomic E-state index is 0.224. The third kappa shape index (κ3) is 10.6. The van der Waals surface area contributed by atoms with Gasteiger partial charge in [0.05, 0.1) is 19.1 Å². The second-order valence-corrected chi connectivity index (χ2v) is 6.11. The summed E-state index contributed by atoms with van der Waals surface area (Å²) in [7, 11) is 0. The van der Waals surface area contributed by atoms with Crippen molar-refractivity contribution in [3.63, 3.8) is 0 Å². The summed E-state index contributed by atoms with van der Waals surface area (Å²) >= 11 is 0. The number of hydrogen-bond donors (Lipinski definition) is 8. The molecule has 10 N–H and O–H groups in total. The Labute approximate surface area is 165 Å². The maximum Gasteiger partial charge on any atom is 0.326 e. The van der Waals surface area contributed by atoms with Crippen molar-refractivity contribution in [3.8, 4) is 0 Å². The van der Waals surface area contributed by atoms with Gasteiger partial charge in [-0.2, -0.15) is 0 Å². The molecule has 4 unspecified atom stereocenters. The van der Waals surface area contributed by atoms with E-state index in [1.54, 1.807) is 0 Å². The van der Waals surface area contributed by atoms with E-state index in [-0.39, 0.29) is 12.8 Å². The van der Waals surface area contributed by atoms with Crippen LogP contribution < -0.4 is 27.4 Å². The number of hydrogen-bond acceptors (Lipinski definition) is 8. The standard InChI is InChI=1S/C15H25N5O9/c1-6(21)12(17)14(27)20-7(2-3-9(16)22)13(26)18-5-10(23)19-8(15(28)29)4-11(24)25/h6-8,12,21H,2-5,17H2,1H3,(H2,16,22)(H,18,26)(H,19,23)(H,20,27)(H,24,25)(H,28,29). The molecule has 0 aromatic heterocycles. The molecule has 0 radical (unpaired) electrons. The summed E-state index contributed by atoms with van der Waals surface area (Å²) in [5.41, 5.74) is 10.5. The number of aliphatic carboxylic acids is 2. The Balaban J connectivity index is 4.91. The van der Waals surface area contributed by atoms with Crippen molar-refractivity contribution in [2.75, 3.05) is 6.54 Å². The van der Waals surface area contributed by atoms with Gasteiger partial charge in [-0.1, -0.05) is 0 Å². The van der Waals surface area contributed by atoms with Gasteiger partial charge in [-0.3, -0.25) is 24.0 Å². The Kier molecular flexibility index (Phi) is 10.9. The Morgan fingerprint density at radius 3 is 2.00 bits per heavy atom. The number of rotatable bonds is 13. The number of amides is 4. The molecule has 14 nitrogen and oxygen atoms in total. The molecular weight excluding hydrogens is 394 g/mol. The largest absolute Gasteiger partial charge is 0.481 e. The molecule has 0 aromatic rings. The highest BCUT2D eigenvalue weighted by Crippen LogP contribution is 2.00. The predicted molar refractivity (Wildman–Crippen MR) is 94.8 cm³/mol. The number of primary amides is 1. The van der Waals surface area contributed by atoms with Crippen molar-refractivity contribution in [2.45, 2.75) is 50.4 Å². The maximum absolute atomic E-state index is 12.2. The summed E-state index contributed by atoms with van der Waals surface area (Å²) < 4.78 is 0. The van der Waals surface area contributed by atoms with Crippen LogP contribution in [0.2, 0.25) is 0 Å². The van der Waals surface area contributed by atoms with Crippen molar-refractivity contribution in [3.05, 3.63) is 0 Å². The first-order valence-electron chi connectivity index (χ1n) is 8.39. The second kappa shape index (κ2) is 12.2. The van der Waals surface area contributed by atoms with Gasteiger partial charge < -0.3 is 42.7 Å². The lowest BCUT2D eigenvalue weighted by molar-refractivity contribution is -0.147. The van der Waals surface area contributed by atoms with Crippen LogP contribution >= 0.6 is 0 Å².